The van der Waals surface area contributed by atoms with E-state index in [0.29, 0.717) is 5.00 Å². The maximum Gasteiger partial charge on any atom is 0.338 e. The molecule has 1 aromatic rings. The summed E-state index contributed by atoms with van der Waals surface area (Å²) in [5.41, 5.74) is -0.304. The molecule has 0 saturated heterocycles. The van der Waals surface area contributed by atoms with Crippen molar-refractivity contribution >= 4 is 28.2 Å². The molecule has 2 N–H and O–H groups in total. The third-order valence-electron chi connectivity index (χ3n) is 1.78. The van der Waals surface area contributed by atoms with Crippen LogP contribution in [0, 0.1) is 0 Å². The van der Waals surface area contributed by atoms with Gasteiger partial charge in [-0.2, -0.15) is 0 Å². The number of ether oxygens (including phenoxy) is 1. The van der Waals surface area contributed by atoms with E-state index in [9.17, 15) is 9.59 Å². The summed E-state index contributed by atoms with van der Waals surface area (Å²) >= 11 is 1.17. The first-order chi connectivity index (χ1) is 7.79. The Balaban J connectivity index is 2.57. The van der Waals surface area contributed by atoms with Gasteiger partial charge >= 0.3 is 5.97 Å². The minimum atomic E-state index is -1.06. The van der Waals surface area contributed by atoms with Crippen molar-refractivity contribution in [3.63, 3.8) is 0 Å². The van der Waals surface area contributed by atoms with Crippen LogP contribution in [0.5, 0.6) is 0 Å². The summed E-state index contributed by atoms with van der Waals surface area (Å²) in [5.74, 6) is -1.41. The molecule has 17 heavy (non-hydrogen) atoms. The lowest BCUT2D eigenvalue weighted by Crippen LogP contribution is -2.27. The van der Waals surface area contributed by atoms with Crippen molar-refractivity contribution < 1.29 is 19.4 Å². The van der Waals surface area contributed by atoms with Gasteiger partial charge in [0.15, 0.2) is 0 Å². The summed E-state index contributed by atoms with van der Waals surface area (Å²) in [5, 5.41) is 13.3. The van der Waals surface area contributed by atoms with Crippen LogP contribution in [0.15, 0.2) is 11.4 Å². The molecule has 0 atom stereocenters. The fraction of sp³-hybridized carbons (Fsp3) is 0.455. The van der Waals surface area contributed by atoms with E-state index in [4.69, 9.17) is 9.84 Å². The third kappa shape index (κ3) is 4.54. The number of carboxylic acid groups (broad SMARTS) is 1. The van der Waals surface area contributed by atoms with Gasteiger partial charge in [-0.05, 0) is 32.2 Å². The van der Waals surface area contributed by atoms with Crippen molar-refractivity contribution in [2.75, 3.05) is 11.9 Å². The minimum Gasteiger partial charge on any atom is -0.478 e. The number of nitrogens with one attached hydrogen (secondary N) is 1. The highest BCUT2D eigenvalue weighted by Gasteiger charge is 2.16. The summed E-state index contributed by atoms with van der Waals surface area (Å²) in [6.45, 7) is 5.43. The molecule has 0 fully saturated rings. The second-order valence-corrected chi connectivity index (χ2v) is 5.33. The molecule has 1 aromatic heterocycles. The van der Waals surface area contributed by atoms with Gasteiger partial charge in [0.25, 0.3) is 5.91 Å². The van der Waals surface area contributed by atoms with Crippen molar-refractivity contribution in [2.45, 2.75) is 26.4 Å². The lowest BCUT2D eigenvalue weighted by atomic mass is 10.2. The second kappa shape index (κ2) is 5.29. The zero-order chi connectivity index (χ0) is 13.1. The van der Waals surface area contributed by atoms with Crippen molar-refractivity contribution in [2.24, 2.45) is 0 Å². The van der Waals surface area contributed by atoms with E-state index in [1.54, 1.807) is 5.38 Å². The number of hydrogen-bond donors (Lipinski definition) is 2. The van der Waals surface area contributed by atoms with Crippen LogP contribution in [0.4, 0.5) is 5.00 Å². The smallest absolute Gasteiger partial charge is 0.338 e. The SMILES string of the molecule is CC(C)(C)OCC(=O)Nc1sccc1C(=O)O. The summed E-state index contributed by atoms with van der Waals surface area (Å²) in [7, 11) is 0. The molecule has 1 heterocycles. The molecule has 0 bridgehead atoms. The number of thiophene rings is 1. The van der Waals surface area contributed by atoms with Crippen LogP contribution in [-0.4, -0.2) is 29.2 Å². The molecule has 0 aliphatic carbocycles. The number of carbonyl (C=O) groups excluding carboxylic acids is 1. The first-order valence-electron chi connectivity index (χ1n) is 5.04. The van der Waals surface area contributed by atoms with Crippen molar-refractivity contribution in [3.8, 4) is 0 Å². The van der Waals surface area contributed by atoms with Gasteiger partial charge in [0.1, 0.15) is 11.6 Å². The maximum absolute atomic E-state index is 11.5. The quantitative estimate of drug-likeness (QED) is 0.867. The van der Waals surface area contributed by atoms with Crippen LogP contribution >= 0.6 is 11.3 Å². The molecule has 0 saturated carbocycles. The molecule has 0 aromatic carbocycles. The standard InChI is InChI=1S/C11H15NO4S/c1-11(2,3)16-6-8(13)12-9-7(10(14)15)4-5-17-9/h4-5H,6H2,1-3H3,(H,12,13)(H,14,15). The summed E-state index contributed by atoms with van der Waals surface area (Å²) in [6.07, 6.45) is 0. The average molecular weight is 257 g/mol. The van der Waals surface area contributed by atoms with Crippen molar-refractivity contribution in [1.82, 2.24) is 0 Å². The Labute approximate surface area is 103 Å². The van der Waals surface area contributed by atoms with E-state index in [0.717, 1.165) is 0 Å². The highest BCUT2D eigenvalue weighted by Crippen LogP contribution is 2.23. The maximum atomic E-state index is 11.5. The molecule has 0 spiro atoms. The number of aromatic carboxylic acids is 1. The molecule has 0 radical (unpaired) electrons. The predicted octanol–water partition coefficient (Wildman–Crippen LogP) is 2.20. The van der Waals surface area contributed by atoms with E-state index < -0.39 is 11.6 Å². The Morgan fingerprint density at radius 2 is 2.12 bits per heavy atom. The van der Waals surface area contributed by atoms with Crippen LogP contribution < -0.4 is 5.32 Å². The molecular weight excluding hydrogens is 242 g/mol. The van der Waals surface area contributed by atoms with E-state index >= 15 is 0 Å². The molecule has 1 amide bonds. The molecule has 0 aliphatic rings. The van der Waals surface area contributed by atoms with Gasteiger partial charge < -0.3 is 15.2 Å². The number of anilines is 1. The van der Waals surface area contributed by atoms with Gasteiger partial charge in [-0.3, -0.25) is 4.79 Å². The van der Waals surface area contributed by atoms with Crippen LogP contribution in [0.1, 0.15) is 31.1 Å². The molecule has 0 unspecified atom stereocenters. The van der Waals surface area contributed by atoms with Crippen LogP contribution in [0.3, 0.4) is 0 Å². The summed E-state index contributed by atoms with van der Waals surface area (Å²) in [4.78, 5) is 22.3. The zero-order valence-electron chi connectivity index (χ0n) is 9.94. The second-order valence-electron chi connectivity index (χ2n) is 4.42. The fourth-order valence-electron chi connectivity index (χ4n) is 1.02. The monoisotopic (exact) mass is 257 g/mol. The Morgan fingerprint density at radius 1 is 1.47 bits per heavy atom. The molecule has 0 aliphatic heterocycles. The summed E-state index contributed by atoms with van der Waals surface area (Å²) < 4.78 is 5.29. The lowest BCUT2D eigenvalue weighted by molar-refractivity contribution is -0.125. The average Bonchev–Trinajstić information content (AvgIpc) is 2.62. The molecule has 1 rings (SSSR count). The van der Waals surface area contributed by atoms with Crippen molar-refractivity contribution in [1.29, 1.82) is 0 Å². The van der Waals surface area contributed by atoms with Gasteiger partial charge in [-0.25, -0.2) is 4.79 Å². The van der Waals surface area contributed by atoms with E-state index in [1.807, 2.05) is 20.8 Å². The molecule has 6 heteroatoms. The van der Waals surface area contributed by atoms with Gasteiger partial charge in [0.05, 0.1) is 11.2 Å². The molecule has 94 valence electrons. The fourth-order valence-corrected chi connectivity index (χ4v) is 1.81. The first-order valence-corrected chi connectivity index (χ1v) is 5.92. The summed E-state index contributed by atoms with van der Waals surface area (Å²) in [6, 6.07) is 1.45. The number of carbonyl (C=O) groups is 2. The van der Waals surface area contributed by atoms with Gasteiger partial charge in [0.2, 0.25) is 0 Å². The van der Waals surface area contributed by atoms with E-state index in [-0.39, 0.29) is 18.1 Å². The number of rotatable bonds is 4. The Bertz CT molecular complexity index is 419. The van der Waals surface area contributed by atoms with Crippen molar-refractivity contribution in [3.05, 3.63) is 17.0 Å². The van der Waals surface area contributed by atoms with E-state index in [1.165, 1.54) is 17.4 Å². The topological polar surface area (TPSA) is 75.6 Å². The minimum absolute atomic E-state index is 0.0964. The number of amides is 1. The highest BCUT2D eigenvalue weighted by atomic mass is 32.1. The Kier molecular flexibility index (Phi) is 4.25. The van der Waals surface area contributed by atoms with Gasteiger partial charge in [-0.15, -0.1) is 11.3 Å². The largest absolute Gasteiger partial charge is 0.478 e. The van der Waals surface area contributed by atoms with Gasteiger partial charge in [-0.1, -0.05) is 0 Å². The predicted molar refractivity (Wildman–Crippen MR) is 65.6 cm³/mol. The van der Waals surface area contributed by atoms with Crippen LogP contribution in [0.2, 0.25) is 0 Å². The third-order valence-corrected chi connectivity index (χ3v) is 2.61. The van der Waals surface area contributed by atoms with Crippen LogP contribution in [-0.2, 0) is 9.53 Å². The highest BCUT2D eigenvalue weighted by molar-refractivity contribution is 7.14. The number of carboxylic acids is 1. The molecular formula is C11H15NO4S. The Hall–Kier alpha value is -1.40. The zero-order valence-corrected chi connectivity index (χ0v) is 10.8. The Morgan fingerprint density at radius 3 is 2.65 bits per heavy atom. The first kappa shape index (κ1) is 13.7. The van der Waals surface area contributed by atoms with E-state index in [2.05, 4.69) is 5.32 Å². The van der Waals surface area contributed by atoms with Gasteiger partial charge in [0, 0.05) is 0 Å². The lowest BCUT2D eigenvalue weighted by Gasteiger charge is -2.18. The normalized spacial score (nSPS) is 11.2. The molecule has 5 nitrogen and oxygen atoms in total. The van der Waals surface area contributed by atoms with Crippen LogP contribution in [0.25, 0.3) is 0 Å². The number of hydrogen-bond acceptors (Lipinski definition) is 4.